The van der Waals surface area contributed by atoms with E-state index in [-0.39, 0.29) is 6.04 Å². The first kappa shape index (κ1) is 10.9. The van der Waals surface area contributed by atoms with E-state index < -0.39 is 0 Å². The van der Waals surface area contributed by atoms with Crippen molar-refractivity contribution in [1.82, 2.24) is 4.98 Å². The van der Waals surface area contributed by atoms with E-state index >= 15 is 0 Å². The van der Waals surface area contributed by atoms with E-state index in [0.29, 0.717) is 0 Å². The minimum atomic E-state index is 0.166. The second kappa shape index (κ2) is 3.85. The molecule has 3 aromatic rings. The SMILES string of the molecule is C1=CC2=Nc3ccc4c([nH]c5ccccc54)c3NC2C=C1. The smallest absolute Gasteiger partial charge is 0.0887 e. The van der Waals surface area contributed by atoms with Crippen LogP contribution in [0.2, 0.25) is 0 Å². The zero-order valence-corrected chi connectivity index (χ0v) is 11.3. The highest BCUT2D eigenvalue weighted by Crippen LogP contribution is 2.39. The second-order valence-corrected chi connectivity index (χ2v) is 5.46. The fourth-order valence-electron chi connectivity index (χ4n) is 3.20. The third-order valence-electron chi connectivity index (χ3n) is 4.21. The number of hydrogen-bond acceptors (Lipinski definition) is 2. The molecule has 100 valence electrons. The van der Waals surface area contributed by atoms with Gasteiger partial charge in [-0.05, 0) is 24.3 Å². The number of fused-ring (bicyclic) bond motifs is 6. The Morgan fingerprint density at radius 2 is 1.90 bits per heavy atom. The molecule has 2 aromatic carbocycles. The molecule has 0 saturated heterocycles. The number of aliphatic imine (C=N–C) groups is 1. The highest BCUT2D eigenvalue weighted by atomic mass is 15.0. The van der Waals surface area contributed by atoms with Gasteiger partial charge in [-0.1, -0.05) is 36.4 Å². The highest BCUT2D eigenvalue weighted by Gasteiger charge is 2.22. The van der Waals surface area contributed by atoms with Gasteiger partial charge in [0.05, 0.1) is 28.6 Å². The van der Waals surface area contributed by atoms with Crippen molar-refractivity contribution in [2.45, 2.75) is 6.04 Å². The van der Waals surface area contributed by atoms with Crippen LogP contribution in [0.15, 0.2) is 65.7 Å². The average Bonchev–Trinajstić information content (AvgIpc) is 2.92. The Kier molecular flexibility index (Phi) is 2.00. The van der Waals surface area contributed by atoms with Crippen LogP contribution < -0.4 is 5.32 Å². The maximum absolute atomic E-state index is 4.78. The molecule has 1 aliphatic carbocycles. The molecule has 2 N–H and O–H groups in total. The Labute approximate surface area is 121 Å². The molecule has 0 bridgehead atoms. The molecular formula is C18H13N3. The number of hydrogen-bond donors (Lipinski definition) is 2. The third-order valence-corrected chi connectivity index (χ3v) is 4.21. The number of aromatic nitrogens is 1. The van der Waals surface area contributed by atoms with Gasteiger partial charge in [0, 0.05) is 16.3 Å². The number of H-pyrrole nitrogens is 1. The van der Waals surface area contributed by atoms with E-state index in [4.69, 9.17) is 4.99 Å². The number of nitrogens with one attached hydrogen (secondary N) is 2. The van der Waals surface area contributed by atoms with Crippen LogP contribution in [0.5, 0.6) is 0 Å². The maximum atomic E-state index is 4.78. The Morgan fingerprint density at radius 1 is 0.952 bits per heavy atom. The zero-order valence-electron chi connectivity index (χ0n) is 11.3. The summed E-state index contributed by atoms with van der Waals surface area (Å²) in [6, 6.07) is 12.8. The van der Waals surface area contributed by atoms with Crippen LogP contribution in [0.4, 0.5) is 11.4 Å². The normalized spacial score (nSPS) is 19.2. The van der Waals surface area contributed by atoms with Crippen LogP contribution in [-0.4, -0.2) is 16.7 Å². The number of rotatable bonds is 0. The summed E-state index contributed by atoms with van der Waals surface area (Å²) in [6.45, 7) is 0. The summed E-state index contributed by atoms with van der Waals surface area (Å²) in [4.78, 5) is 8.31. The van der Waals surface area contributed by atoms with Gasteiger partial charge in [0.15, 0.2) is 0 Å². The molecule has 1 aliphatic heterocycles. The summed E-state index contributed by atoms with van der Waals surface area (Å²) in [7, 11) is 0. The molecule has 3 nitrogen and oxygen atoms in total. The van der Waals surface area contributed by atoms with Crippen LogP contribution in [0.25, 0.3) is 21.8 Å². The molecule has 2 heterocycles. The lowest BCUT2D eigenvalue weighted by molar-refractivity contribution is 1.13. The molecule has 21 heavy (non-hydrogen) atoms. The Morgan fingerprint density at radius 3 is 2.90 bits per heavy atom. The van der Waals surface area contributed by atoms with E-state index in [1.807, 2.05) is 6.08 Å². The first-order valence-electron chi connectivity index (χ1n) is 7.13. The van der Waals surface area contributed by atoms with Gasteiger partial charge in [0.2, 0.25) is 0 Å². The predicted molar refractivity (Wildman–Crippen MR) is 88.6 cm³/mol. The van der Waals surface area contributed by atoms with Crippen molar-refractivity contribution in [1.29, 1.82) is 0 Å². The average molecular weight is 271 g/mol. The predicted octanol–water partition coefficient (Wildman–Crippen LogP) is 4.31. The van der Waals surface area contributed by atoms with Crippen molar-refractivity contribution < 1.29 is 0 Å². The van der Waals surface area contributed by atoms with E-state index in [1.54, 1.807) is 0 Å². The summed E-state index contributed by atoms with van der Waals surface area (Å²) in [5.41, 5.74) is 5.47. The summed E-state index contributed by atoms with van der Waals surface area (Å²) in [5, 5.41) is 6.10. The summed E-state index contributed by atoms with van der Waals surface area (Å²) >= 11 is 0. The molecule has 0 spiro atoms. The van der Waals surface area contributed by atoms with E-state index in [1.165, 1.54) is 10.8 Å². The fraction of sp³-hybridized carbons (Fsp3) is 0.0556. The van der Waals surface area contributed by atoms with Gasteiger partial charge in [0.25, 0.3) is 0 Å². The fourth-order valence-corrected chi connectivity index (χ4v) is 3.20. The van der Waals surface area contributed by atoms with Crippen molar-refractivity contribution >= 4 is 38.9 Å². The molecule has 5 rings (SSSR count). The summed E-state index contributed by atoms with van der Waals surface area (Å²) < 4.78 is 0. The van der Waals surface area contributed by atoms with Crippen molar-refractivity contribution in [2.24, 2.45) is 4.99 Å². The van der Waals surface area contributed by atoms with E-state index in [9.17, 15) is 0 Å². The number of benzene rings is 2. The van der Waals surface area contributed by atoms with Crippen molar-refractivity contribution in [2.75, 3.05) is 5.32 Å². The molecule has 2 aliphatic rings. The third kappa shape index (κ3) is 1.46. The molecule has 0 amide bonds. The standard InChI is InChI=1S/C18H13N3/c1-2-6-13-11(5-1)12-9-10-16-18(17(12)20-13)21-15-8-4-3-7-14(15)19-16/h1-10,15,20-21H. The Hall–Kier alpha value is -2.81. The molecule has 3 heteroatoms. The van der Waals surface area contributed by atoms with Crippen LogP contribution in [0.3, 0.4) is 0 Å². The van der Waals surface area contributed by atoms with Gasteiger partial charge in [-0.25, -0.2) is 4.99 Å². The van der Waals surface area contributed by atoms with Crippen molar-refractivity contribution in [3.05, 3.63) is 60.7 Å². The van der Waals surface area contributed by atoms with Gasteiger partial charge in [-0.15, -0.1) is 0 Å². The van der Waals surface area contributed by atoms with Gasteiger partial charge in [-0.2, -0.15) is 0 Å². The summed E-state index contributed by atoms with van der Waals surface area (Å²) in [6.07, 6.45) is 8.30. The first-order valence-corrected chi connectivity index (χ1v) is 7.13. The van der Waals surface area contributed by atoms with Gasteiger partial charge in [-0.3, -0.25) is 0 Å². The van der Waals surface area contributed by atoms with Crippen LogP contribution >= 0.6 is 0 Å². The summed E-state index contributed by atoms with van der Waals surface area (Å²) in [5.74, 6) is 0. The number of allylic oxidation sites excluding steroid dienone is 2. The lowest BCUT2D eigenvalue weighted by atomic mass is 10.0. The highest BCUT2D eigenvalue weighted by molar-refractivity contribution is 6.16. The molecule has 1 unspecified atom stereocenters. The first-order chi connectivity index (χ1) is 10.4. The van der Waals surface area contributed by atoms with Crippen molar-refractivity contribution in [3.8, 4) is 0 Å². The lowest BCUT2D eigenvalue weighted by Gasteiger charge is -2.25. The van der Waals surface area contributed by atoms with Gasteiger partial charge >= 0.3 is 0 Å². The van der Waals surface area contributed by atoms with Crippen molar-refractivity contribution in [3.63, 3.8) is 0 Å². The van der Waals surface area contributed by atoms with Crippen LogP contribution in [-0.2, 0) is 0 Å². The monoisotopic (exact) mass is 271 g/mol. The minimum absolute atomic E-state index is 0.166. The van der Waals surface area contributed by atoms with E-state index in [2.05, 4.69) is 64.9 Å². The molecule has 1 aromatic heterocycles. The van der Waals surface area contributed by atoms with Gasteiger partial charge in [0.1, 0.15) is 0 Å². The largest absolute Gasteiger partial charge is 0.370 e. The zero-order chi connectivity index (χ0) is 13.8. The van der Waals surface area contributed by atoms with Crippen LogP contribution in [0.1, 0.15) is 0 Å². The number of nitrogens with zero attached hydrogens (tertiary/aromatic N) is 1. The number of para-hydroxylation sites is 1. The molecular weight excluding hydrogens is 258 g/mol. The lowest BCUT2D eigenvalue weighted by Crippen LogP contribution is -2.29. The number of aromatic amines is 1. The second-order valence-electron chi connectivity index (χ2n) is 5.46. The molecule has 1 atom stereocenters. The Bertz CT molecular complexity index is 973. The number of anilines is 1. The molecule has 0 saturated carbocycles. The molecule has 0 fully saturated rings. The van der Waals surface area contributed by atoms with Crippen LogP contribution in [0, 0.1) is 0 Å². The van der Waals surface area contributed by atoms with E-state index in [0.717, 1.165) is 28.1 Å². The topological polar surface area (TPSA) is 40.2 Å². The maximum Gasteiger partial charge on any atom is 0.0887 e. The minimum Gasteiger partial charge on any atom is -0.370 e. The quantitative estimate of drug-likeness (QED) is 0.628. The Balaban J connectivity index is 1.85. The van der Waals surface area contributed by atoms with Gasteiger partial charge < -0.3 is 10.3 Å². The molecule has 0 radical (unpaired) electrons.